The van der Waals surface area contributed by atoms with Crippen molar-refractivity contribution in [2.45, 2.75) is 38.7 Å². The fraction of sp³-hybridized carbons (Fsp3) is 0.308. The number of fused-ring (bicyclic) bond motifs is 1. The van der Waals surface area contributed by atoms with E-state index >= 15 is 0 Å². The molecule has 0 spiro atoms. The first-order chi connectivity index (χ1) is 14.9. The Bertz CT molecular complexity index is 1110. The van der Waals surface area contributed by atoms with E-state index in [0.717, 1.165) is 48.0 Å². The summed E-state index contributed by atoms with van der Waals surface area (Å²) >= 11 is 0. The van der Waals surface area contributed by atoms with E-state index in [9.17, 15) is 0 Å². The lowest BCUT2D eigenvalue weighted by Crippen LogP contribution is -2.28. The molecular formula is C26H30N4O. The number of nitrogens with two attached hydrogens (primary N) is 1. The Balaban J connectivity index is 1.41. The number of hydrogen-bond donors (Lipinski definition) is 3. The van der Waals surface area contributed by atoms with Gasteiger partial charge in [-0.05, 0) is 59.4 Å². The molecular weight excluding hydrogens is 384 g/mol. The van der Waals surface area contributed by atoms with Crippen LogP contribution in [0, 0.1) is 10.8 Å². The second-order valence-electron chi connectivity index (χ2n) is 8.54. The molecule has 0 saturated carbocycles. The first-order valence-electron chi connectivity index (χ1n) is 10.8. The van der Waals surface area contributed by atoms with E-state index < -0.39 is 0 Å². The van der Waals surface area contributed by atoms with E-state index in [1.807, 2.05) is 25.1 Å². The molecule has 0 aliphatic carbocycles. The molecule has 31 heavy (non-hydrogen) atoms. The molecule has 0 amide bonds. The van der Waals surface area contributed by atoms with Crippen LogP contribution in [0.15, 0.2) is 60.7 Å². The van der Waals surface area contributed by atoms with Crippen LogP contribution in [0.3, 0.4) is 0 Å². The molecule has 0 aromatic heterocycles. The fourth-order valence-corrected chi connectivity index (χ4v) is 4.26. The van der Waals surface area contributed by atoms with Crippen molar-refractivity contribution in [2.24, 2.45) is 5.73 Å². The molecule has 3 aromatic rings. The van der Waals surface area contributed by atoms with Crippen molar-refractivity contribution in [3.05, 3.63) is 77.4 Å². The summed E-state index contributed by atoms with van der Waals surface area (Å²) in [6, 6.07) is 20.9. The molecule has 4 rings (SSSR count). The topological polar surface area (TPSA) is 86.2 Å². The largest absolute Gasteiger partial charge is 0.489 e. The third kappa shape index (κ3) is 4.88. The van der Waals surface area contributed by atoms with E-state index in [2.05, 4.69) is 54.3 Å². The van der Waals surface area contributed by atoms with Crippen molar-refractivity contribution < 1.29 is 4.74 Å². The number of likely N-dealkylation sites (tertiary alicyclic amines) is 1. The molecule has 5 heteroatoms. The minimum absolute atomic E-state index is 0.0984. The average Bonchev–Trinajstić information content (AvgIpc) is 3.22. The first kappa shape index (κ1) is 20.9. The Morgan fingerprint density at radius 2 is 1.81 bits per heavy atom. The maximum atomic E-state index is 7.76. The summed E-state index contributed by atoms with van der Waals surface area (Å²) in [5.74, 6) is 1.99. The molecule has 1 aliphatic rings. The highest BCUT2D eigenvalue weighted by molar-refractivity contribution is 5.99. The van der Waals surface area contributed by atoms with Gasteiger partial charge >= 0.3 is 0 Å². The Morgan fingerprint density at radius 3 is 2.48 bits per heavy atom. The van der Waals surface area contributed by atoms with Gasteiger partial charge in [0.15, 0.2) is 0 Å². The second-order valence-corrected chi connectivity index (χ2v) is 8.54. The quantitative estimate of drug-likeness (QED) is 0.395. The lowest BCUT2D eigenvalue weighted by atomic mass is 9.92. The van der Waals surface area contributed by atoms with Gasteiger partial charge in [0, 0.05) is 18.5 Å². The third-order valence-corrected chi connectivity index (χ3v) is 6.13. The normalized spacial score (nSPS) is 17.0. The lowest BCUT2D eigenvalue weighted by Gasteiger charge is -2.18. The van der Waals surface area contributed by atoms with Gasteiger partial charge in [-0.2, -0.15) is 0 Å². The molecule has 1 saturated heterocycles. The predicted octanol–water partition coefficient (Wildman–Crippen LogP) is 4.92. The van der Waals surface area contributed by atoms with E-state index in [0.29, 0.717) is 11.8 Å². The molecule has 160 valence electrons. The lowest BCUT2D eigenvalue weighted by molar-refractivity contribution is 0.214. The Kier molecular flexibility index (Phi) is 5.94. The molecule has 5 nitrogen and oxygen atoms in total. The molecule has 0 bridgehead atoms. The highest BCUT2D eigenvalue weighted by atomic mass is 16.5. The number of nitrogens with one attached hydrogen (secondary N) is 2. The number of rotatable bonds is 6. The molecule has 1 heterocycles. The van der Waals surface area contributed by atoms with Gasteiger partial charge in [-0.1, -0.05) is 49.4 Å². The molecule has 1 aliphatic heterocycles. The summed E-state index contributed by atoms with van der Waals surface area (Å²) < 4.78 is 6.12. The van der Waals surface area contributed by atoms with Crippen molar-refractivity contribution >= 4 is 22.4 Å². The van der Waals surface area contributed by atoms with Crippen LogP contribution < -0.4 is 10.5 Å². The Hall–Kier alpha value is -3.34. The number of ether oxygens (including phenoxy) is 1. The van der Waals surface area contributed by atoms with Crippen LogP contribution in [-0.2, 0) is 6.42 Å². The van der Waals surface area contributed by atoms with Gasteiger partial charge in [-0.3, -0.25) is 10.8 Å². The molecule has 0 unspecified atom stereocenters. The smallest absolute Gasteiger partial charge is 0.122 e. The van der Waals surface area contributed by atoms with Crippen LogP contribution in [0.4, 0.5) is 0 Å². The summed E-state index contributed by atoms with van der Waals surface area (Å²) in [6.45, 7) is 5.76. The maximum Gasteiger partial charge on any atom is 0.122 e. The summed E-state index contributed by atoms with van der Waals surface area (Å²) in [4.78, 5) is 2.06. The van der Waals surface area contributed by atoms with Crippen LogP contribution in [0.5, 0.6) is 5.75 Å². The number of nitrogen functional groups attached to an aromatic ring is 1. The van der Waals surface area contributed by atoms with Gasteiger partial charge in [0.05, 0.1) is 12.4 Å². The summed E-state index contributed by atoms with van der Waals surface area (Å²) in [5.41, 5.74) is 8.96. The zero-order valence-corrected chi connectivity index (χ0v) is 18.2. The molecule has 4 N–H and O–H groups in total. The van der Waals surface area contributed by atoms with Crippen LogP contribution in [0.1, 0.15) is 42.9 Å². The SMILES string of the molecule is CC(=N)N1CC[C@H](Oc2ccc([C@@H](C)Cc3ccc4ccc(C(=N)N)cc4c3)cc2)C1. The van der Waals surface area contributed by atoms with E-state index in [1.54, 1.807) is 0 Å². The first-order valence-corrected chi connectivity index (χ1v) is 10.8. The van der Waals surface area contributed by atoms with Crippen LogP contribution in [0.25, 0.3) is 10.8 Å². The summed E-state index contributed by atoms with van der Waals surface area (Å²) in [7, 11) is 0. The van der Waals surface area contributed by atoms with Crippen molar-refractivity contribution in [1.29, 1.82) is 10.8 Å². The van der Waals surface area contributed by atoms with Gasteiger partial charge in [0.1, 0.15) is 17.7 Å². The third-order valence-electron chi connectivity index (χ3n) is 6.13. The van der Waals surface area contributed by atoms with Crippen molar-refractivity contribution in [1.82, 2.24) is 4.90 Å². The summed E-state index contributed by atoms with van der Waals surface area (Å²) in [6.07, 6.45) is 2.05. The van der Waals surface area contributed by atoms with Crippen LogP contribution >= 0.6 is 0 Å². The van der Waals surface area contributed by atoms with Crippen LogP contribution in [0.2, 0.25) is 0 Å². The highest BCUT2D eigenvalue weighted by Gasteiger charge is 2.24. The van der Waals surface area contributed by atoms with Gasteiger partial charge in [-0.25, -0.2) is 0 Å². The summed E-state index contributed by atoms with van der Waals surface area (Å²) in [5, 5.41) is 17.7. The van der Waals surface area contributed by atoms with Gasteiger partial charge in [-0.15, -0.1) is 0 Å². The zero-order valence-electron chi connectivity index (χ0n) is 18.2. The average molecular weight is 415 g/mol. The number of nitrogens with zero attached hydrogens (tertiary/aromatic N) is 1. The number of amidine groups is 2. The Labute approximate surface area is 183 Å². The van der Waals surface area contributed by atoms with Gasteiger partial charge in [0.2, 0.25) is 0 Å². The van der Waals surface area contributed by atoms with E-state index in [-0.39, 0.29) is 11.9 Å². The van der Waals surface area contributed by atoms with Crippen molar-refractivity contribution in [2.75, 3.05) is 13.1 Å². The predicted molar refractivity (Wildman–Crippen MR) is 128 cm³/mol. The van der Waals surface area contributed by atoms with Crippen LogP contribution in [-0.4, -0.2) is 35.8 Å². The highest BCUT2D eigenvalue weighted by Crippen LogP contribution is 2.26. The number of hydrogen-bond acceptors (Lipinski definition) is 3. The van der Waals surface area contributed by atoms with E-state index in [1.165, 1.54) is 11.1 Å². The van der Waals surface area contributed by atoms with E-state index in [4.69, 9.17) is 21.3 Å². The van der Waals surface area contributed by atoms with Crippen molar-refractivity contribution in [3.63, 3.8) is 0 Å². The van der Waals surface area contributed by atoms with Gasteiger partial charge in [0.25, 0.3) is 0 Å². The van der Waals surface area contributed by atoms with Crippen molar-refractivity contribution in [3.8, 4) is 5.75 Å². The standard InChI is InChI=1S/C26H30N4O/c1-17(13-19-3-4-21-5-6-22(26(28)29)15-23(21)14-19)20-7-9-24(10-8-20)31-25-11-12-30(16-25)18(2)27/h3-10,14-15,17,25,27H,11-13,16H2,1-2H3,(H3,28,29)/t17-,25-/m0/s1. The molecule has 1 fully saturated rings. The monoisotopic (exact) mass is 414 g/mol. The molecule has 3 aromatic carbocycles. The van der Waals surface area contributed by atoms with Gasteiger partial charge < -0.3 is 15.4 Å². The fourth-order valence-electron chi connectivity index (χ4n) is 4.26. The maximum absolute atomic E-state index is 7.76. The minimum Gasteiger partial charge on any atom is -0.489 e. The molecule has 0 radical (unpaired) electrons. The second kappa shape index (κ2) is 8.80. The minimum atomic E-state index is 0.0984. The zero-order chi connectivity index (χ0) is 22.0. The molecule has 2 atom stereocenters. The Morgan fingerprint density at radius 1 is 1.06 bits per heavy atom. The number of benzene rings is 3.